The molecule has 0 saturated carbocycles. The molecule has 2 aromatic rings. The van der Waals surface area contributed by atoms with Crippen LogP contribution >= 0.6 is 23.2 Å². The molecule has 3 unspecified atom stereocenters. The Bertz CT molecular complexity index is 865. The number of benzene rings is 1. The van der Waals surface area contributed by atoms with Gasteiger partial charge < -0.3 is 10.1 Å². The molecule has 0 saturated heterocycles. The second-order valence-corrected chi connectivity index (χ2v) is 7.10. The number of nitrogens with one attached hydrogen (secondary N) is 1. The van der Waals surface area contributed by atoms with Gasteiger partial charge in [-0.05, 0) is 36.1 Å². The lowest BCUT2D eigenvalue weighted by molar-refractivity contribution is -0.274. The summed E-state index contributed by atoms with van der Waals surface area (Å²) >= 11 is 12.7. The number of hydrogen-bond acceptors (Lipinski definition) is 3. The topological polar surface area (TPSA) is 34.1 Å². The largest absolute Gasteiger partial charge is 0.573 e. The summed E-state index contributed by atoms with van der Waals surface area (Å²) in [7, 11) is 0. The quantitative estimate of drug-likeness (QED) is 0.617. The van der Waals surface area contributed by atoms with Gasteiger partial charge in [-0.2, -0.15) is 0 Å². The van der Waals surface area contributed by atoms with Gasteiger partial charge in [0.1, 0.15) is 5.75 Å². The van der Waals surface area contributed by atoms with Gasteiger partial charge in [0.05, 0.1) is 16.1 Å². The second kappa shape index (κ2) is 6.35. The number of hydrogen-bond donors (Lipinski definition) is 1. The lowest BCUT2D eigenvalue weighted by Crippen LogP contribution is -2.29. The second-order valence-electron chi connectivity index (χ2n) is 6.29. The minimum Gasteiger partial charge on any atom is -0.406 e. The molecule has 3 atom stereocenters. The lowest BCUT2D eigenvalue weighted by atomic mass is 9.77. The molecule has 0 bridgehead atoms. The number of alkyl halides is 3. The highest BCUT2D eigenvalue weighted by molar-refractivity contribution is 6.35. The maximum absolute atomic E-state index is 12.5. The Morgan fingerprint density at radius 1 is 1.15 bits per heavy atom. The van der Waals surface area contributed by atoms with Crippen molar-refractivity contribution in [2.45, 2.75) is 24.7 Å². The maximum atomic E-state index is 12.5. The zero-order valence-electron chi connectivity index (χ0n) is 13.2. The van der Waals surface area contributed by atoms with E-state index in [1.165, 1.54) is 24.5 Å². The Hall–Kier alpha value is -1.92. The van der Waals surface area contributed by atoms with E-state index in [0.717, 1.165) is 23.2 Å². The molecule has 136 valence electrons. The molecule has 1 N–H and O–H groups in total. The number of halogens is 5. The van der Waals surface area contributed by atoms with E-state index in [0.29, 0.717) is 10.0 Å². The van der Waals surface area contributed by atoms with Crippen LogP contribution in [0, 0.1) is 5.92 Å². The molecule has 2 aliphatic rings. The molecular formula is C18H13Cl2F3N2O. The summed E-state index contributed by atoms with van der Waals surface area (Å²) in [5.41, 5.74) is 2.26. The van der Waals surface area contributed by atoms with E-state index in [1.807, 2.05) is 12.2 Å². The van der Waals surface area contributed by atoms with Gasteiger partial charge in [-0.25, -0.2) is 0 Å². The number of rotatable bonds is 2. The Kier molecular flexibility index (Phi) is 4.28. The van der Waals surface area contributed by atoms with Crippen molar-refractivity contribution in [3.8, 4) is 5.75 Å². The Labute approximate surface area is 157 Å². The smallest absolute Gasteiger partial charge is 0.406 e. The van der Waals surface area contributed by atoms with Gasteiger partial charge in [0.25, 0.3) is 0 Å². The van der Waals surface area contributed by atoms with Crippen LogP contribution in [0.5, 0.6) is 5.75 Å². The fraction of sp³-hybridized carbons (Fsp3) is 0.278. The normalized spacial score (nSPS) is 24.0. The average molecular weight is 401 g/mol. The molecule has 1 aliphatic carbocycles. The van der Waals surface area contributed by atoms with Crippen molar-refractivity contribution in [2.24, 2.45) is 5.92 Å². The summed E-state index contributed by atoms with van der Waals surface area (Å²) in [6.07, 6.45) is 3.16. The van der Waals surface area contributed by atoms with E-state index < -0.39 is 6.36 Å². The van der Waals surface area contributed by atoms with Crippen LogP contribution in [0.15, 0.2) is 42.7 Å². The van der Waals surface area contributed by atoms with Gasteiger partial charge in [0, 0.05) is 29.6 Å². The summed E-state index contributed by atoms with van der Waals surface area (Å²) in [5, 5.41) is 4.30. The zero-order chi connectivity index (χ0) is 18.5. The minimum absolute atomic E-state index is 0.0478. The molecule has 0 radical (unpaired) electrons. The highest BCUT2D eigenvalue weighted by Gasteiger charge is 2.40. The van der Waals surface area contributed by atoms with Crippen molar-refractivity contribution < 1.29 is 17.9 Å². The number of allylic oxidation sites excluding steroid dienone is 2. The third-order valence-corrected chi connectivity index (χ3v) is 5.37. The highest BCUT2D eigenvalue weighted by atomic mass is 35.5. The molecule has 8 heteroatoms. The van der Waals surface area contributed by atoms with Gasteiger partial charge in [-0.15, -0.1) is 13.2 Å². The summed E-state index contributed by atoms with van der Waals surface area (Å²) < 4.78 is 41.6. The standard InChI is InChI=1S/C18H13Cl2F3N2O/c19-13-7-24-8-14(20)16(13)17-11-3-1-2-10(11)12-6-9(26-18(21,22)23)4-5-15(12)25-17/h1-2,4-8,10-11,17,25H,3H2. The summed E-state index contributed by atoms with van der Waals surface area (Å²) in [6.45, 7) is 0. The van der Waals surface area contributed by atoms with Crippen molar-refractivity contribution in [3.63, 3.8) is 0 Å². The van der Waals surface area contributed by atoms with E-state index in [1.54, 1.807) is 6.07 Å². The van der Waals surface area contributed by atoms with Crippen LogP contribution in [0.4, 0.5) is 18.9 Å². The predicted octanol–water partition coefficient (Wildman–Crippen LogP) is 6.11. The number of ether oxygens (including phenoxy) is 1. The minimum atomic E-state index is -4.72. The summed E-state index contributed by atoms with van der Waals surface area (Å²) in [6, 6.07) is 4.16. The number of fused-ring (bicyclic) bond motifs is 3. The van der Waals surface area contributed by atoms with Crippen molar-refractivity contribution in [2.75, 3.05) is 5.32 Å². The molecule has 2 heterocycles. The summed E-state index contributed by atoms with van der Waals surface area (Å²) in [4.78, 5) is 3.98. The van der Waals surface area contributed by atoms with Gasteiger partial charge >= 0.3 is 6.36 Å². The van der Waals surface area contributed by atoms with Crippen molar-refractivity contribution >= 4 is 28.9 Å². The van der Waals surface area contributed by atoms with E-state index in [2.05, 4.69) is 15.0 Å². The van der Waals surface area contributed by atoms with Crippen molar-refractivity contribution in [1.29, 1.82) is 0 Å². The van der Waals surface area contributed by atoms with Gasteiger partial charge in [0.2, 0.25) is 0 Å². The predicted molar refractivity (Wildman–Crippen MR) is 93.7 cm³/mol. The van der Waals surface area contributed by atoms with Gasteiger partial charge in [-0.3, -0.25) is 4.98 Å². The molecule has 1 aliphatic heterocycles. The van der Waals surface area contributed by atoms with Crippen LogP contribution in [-0.2, 0) is 0 Å². The van der Waals surface area contributed by atoms with E-state index in [-0.39, 0.29) is 23.6 Å². The monoisotopic (exact) mass is 400 g/mol. The first-order valence-electron chi connectivity index (χ1n) is 7.95. The van der Waals surface area contributed by atoms with Crippen LogP contribution in [0.3, 0.4) is 0 Å². The maximum Gasteiger partial charge on any atom is 0.573 e. The molecule has 3 nitrogen and oxygen atoms in total. The van der Waals surface area contributed by atoms with E-state index in [9.17, 15) is 13.2 Å². The molecule has 1 aromatic carbocycles. The van der Waals surface area contributed by atoms with Gasteiger partial charge in [-0.1, -0.05) is 35.4 Å². The Morgan fingerprint density at radius 3 is 2.58 bits per heavy atom. The number of nitrogens with zero attached hydrogens (tertiary/aromatic N) is 1. The summed E-state index contributed by atoms with van der Waals surface area (Å²) in [5.74, 6) is -0.190. The molecule has 0 fully saturated rings. The van der Waals surface area contributed by atoms with Crippen molar-refractivity contribution in [1.82, 2.24) is 4.98 Å². The molecule has 0 spiro atoms. The average Bonchev–Trinajstić information content (AvgIpc) is 3.03. The lowest BCUT2D eigenvalue weighted by Gasteiger charge is -2.38. The number of aromatic nitrogens is 1. The molecular weight excluding hydrogens is 388 g/mol. The number of anilines is 1. The molecule has 0 amide bonds. The van der Waals surface area contributed by atoms with Crippen LogP contribution < -0.4 is 10.1 Å². The van der Waals surface area contributed by atoms with E-state index >= 15 is 0 Å². The highest BCUT2D eigenvalue weighted by Crippen LogP contribution is 2.52. The van der Waals surface area contributed by atoms with Crippen LogP contribution in [0.1, 0.15) is 29.5 Å². The van der Waals surface area contributed by atoms with Crippen molar-refractivity contribution in [3.05, 3.63) is 63.9 Å². The fourth-order valence-electron chi connectivity index (χ4n) is 3.77. The van der Waals surface area contributed by atoms with E-state index in [4.69, 9.17) is 23.2 Å². The number of pyridine rings is 1. The van der Waals surface area contributed by atoms with Crippen LogP contribution in [-0.4, -0.2) is 11.3 Å². The SMILES string of the molecule is FC(F)(F)Oc1ccc2c(c1)C1C=CCC1C(c1c(Cl)cncc1Cl)N2. The molecule has 4 rings (SSSR count). The van der Waals surface area contributed by atoms with Crippen LogP contribution in [0.25, 0.3) is 0 Å². The molecule has 1 aromatic heterocycles. The first-order chi connectivity index (χ1) is 12.3. The fourth-order valence-corrected chi connectivity index (χ4v) is 4.37. The third kappa shape index (κ3) is 3.12. The Morgan fingerprint density at radius 2 is 1.88 bits per heavy atom. The first-order valence-corrected chi connectivity index (χ1v) is 8.71. The third-order valence-electron chi connectivity index (χ3n) is 4.77. The van der Waals surface area contributed by atoms with Gasteiger partial charge in [0.15, 0.2) is 0 Å². The molecule has 26 heavy (non-hydrogen) atoms. The van der Waals surface area contributed by atoms with Crippen LogP contribution in [0.2, 0.25) is 10.0 Å². The zero-order valence-corrected chi connectivity index (χ0v) is 14.7. The Balaban J connectivity index is 1.75. The first kappa shape index (κ1) is 17.5.